The summed E-state index contributed by atoms with van der Waals surface area (Å²) in [5, 5.41) is 8.94. The maximum absolute atomic E-state index is 8.94. The van der Waals surface area contributed by atoms with Crippen molar-refractivity contribution in [3.63, 3.8) is 0 Å². The first kappa shape index (κ1) is 30.4. The summed E-state index contributed by atoms with van der Waals surface area (Å²) in [6, 6.07) is 35.3. The zero-order chi connectivity index (χ0) is 27.2. The summed E-state index contributed by atoms with van der Waals surface area (Å²) in [6.07, 6.45) is 2.36. The first-order chi connectivity index (χ1) is 18.5. The Balaban J connectivity index is 1.71. The van der Waals surface area contributed by atoms with Crippen molar-refractivity contribution < 1.29 is 9.05 Å². The van der Waals surface area contributed by atoms with Gasteiger partial charge in [-0.25, -0.2) is 4.67 Å². The van der Waals surface area contributed by atoms with Gasteiger partial charge in [-0.05, 0) is 63.0 Å². The molecule has 0 spiro atoms. The van der Waals surface area contributed by atoms with E-state index >= 15 is 0 Å². The van der Waals surface area contributed by atoms with E-state index in [1.54, 1.807) is 0 Å². The highest BCUT2D eigenvalue weighted by molar-refractivity contribution is 8.00. The van der Waals surface area contributed by atoms with E-state index in [2.05, 4.69) is 129 Å². The third-order valence-electron chi connectivity index (χ3n) is 6.26. The summed E-state index contributed by atoms with van der Waals surface area (Å²) >= 11 is 1.99. The van der Waals surface area contributed by atoms with Crippen molar-refractivity contribution in [3.05, 3.63) is 108 Å². The molecule has 0 aliphatic rings. The van der Waals surface area contributed by atoms with Crippen LogP contribution < -0.4 is 0 Å². The van der Waals surface area contributed by atoms with E-state index in [1.807, 2.05) is 11.8 Å². The summed E-state index contributed by atoms with van der Waals surface area (Å²) in [5.41, 5.74) is 3.87. The molecule has 38 heavy (non-hydrogen) atoms. The fourth-order valence-electron chi connectivity index (χ4n) is 4.65. The van der Waals surface area contributed by atoms with Crippen molar-refractivity contribution in [2.45, 2.75) is 63.8 Å². The number of nitriles is 1. The summed E-state index contributed by atoms with van der Waals surface area (Å²) < 4.78 is 14.3. The Kier molecular flexibility index (Phi) is 12.8. The van der Waals surface area contributed by atoms with Crippen molar-refractivity contribution in [1.29, 1.82) is 5.26 Å². The van der Waals surface area contributed by atoms with Crippen molar-refractivity contribution in [2.24, 2.45) is 0 Å². The van der Waals surface area contributed by atoms with Crippen molar-refractivity contribution in [3.8, 4) is 6.07 Å². The normalized spacial score (nSPS) is 12.7. The maximum Gasteiger partial charge on any atom is 0.259 e. The van der Waals surface area contributed by atoms with Gasteiger partial charge in [-0.15, -0.1) is 11.8 Å². The topological polar surface area (TPSA) is 45.5 Å². The molecular weight excluding hydrogens is 507 g/mol. The summed E-state index contributed by atoms with van der Waals surface area (Å²) in [6.45, 7) is 9.71. The third kappa shape index (κ3) is 8.15. The molecule has 0 N–H and O–H groups in total. The standard InChI is InChI=1S/C32H41N2O2PS/c1-27(2)34(28(3)4)37(36-25-16-23-33)35-24-14-15-26-38-32(29-17-8-5-9-18-29,30-19-10-6-11-20-30)31-21-12-7-13-22-31/h5-13,17-22,27-28H,14-16,24-26H2,1-4H3. The Morgan fingerprint density at radius 1 is 0.737 bits per heavy atom. The van der Waals surface area contributed by atoms with Crippen LogP contribution in [-0.2, 0) is 13.8 Å². The Morgan fingerprint density at radius 3 is 1.61 bits per heavy atom. The van der Waals surface area contributed by atoms with E-state index in [0.717, 1.165) is 18.6 Å². The van der Waals surface area contributed by atoms with E-state index < -0.39 is 8.53 Å². The third-order valence-corrected chi connectivity index (χ3v) is 10.0. The van der Waals surface area contributed by atoms with Gasteiger partial charge in [0.2, 0.25) is 0 Å². The number of hydrogen-bond donors (Lipinski definition) is 0. The smallest absolute Gasteiger partial charge is 0.259 e. The van der Waals surface area contributed by atoms with Gasteiger partial charge in [-0.2, -0.15) is 5.26 Å². The molecule has 1 atom stereocenters. The Bertz CT molecular complexity index is 986. The molecule has 0 aromatic heterocycles. The SMILES string of the molecule is CC(C)N(C(C)C)P(OCCC#N)OCCCCSC(c1ccccc1)(c1ccccc1)c1ccccc1. The molecule has 0 fully saturated rings. The van der Waals surface area contributed by atoms with Gasteiger partial charge in [0.15, 0.2) is 0 Å². The van der Waals surface area contributed by atoms with Gasteiger partial charge in [0.1, 0.15) is 0 Å². The van der Waals surface area contributed by atoms with E-state index in [0.29, 0.717) is 31.7 Å². The number of nitrogens with zero attached hydrogens (tertiary/aromatic N) is 2. The highest BCUT2D eigenvalue weighted by Gasteiger charge is 2.36. The Hall–Kier alpha value is -2.19. The molecule has 202 valence electrons. The van der Waals surface area contributed by atoms with Gasteiger partial charge < -0.3 is 9.05 Å². The summed E-state index contributed by atoms with van der Waals surface area (Å²) in [4.78, 5) is 0. The van der Waals surface area contributed by atoms with Crippen LogP contribution in [0.3, 0.4) is 0 Å². The minimum Gasteiger partial charge on any atom is -0.322 e. The molecular formula is C32H41N2O2PS. The first-order valence-corrected chi connectivity index (χ1v) is 15.6. The van der Waals surface area contributed by atoms with Crippen LogP contribution in [0.25, 0.3) is 0 Å². The molecule has 3 aromatic rings. The van der Waals surface area contributed by atoms with E-state index in [4.69, 9.17) is 14.3 Å². The van der Waals surface area contributed by atoms with Gasteiger partial charge in [-0.1, -0.05) is 91.0 Å². The lowest BCUT2D eigenvalue weighted by molar-refractivity contribution is 0.175. The second kappa shape index (κ2) is 16.0. The number of thioether (sulfide) groups is 1. The lowest BCUT2D eigenvalue weighted by Crippen LogP contribution is -2.33. The lowest BCUT2D eigenvalue weighted by atomic mass is 9.84. The lowest BCUT2D eigenvalue weighted by Gasteiger charge is -2.36. The number of benzene rings is 3. The molecule has 0 radical (unpaired) electrons. The fraction of sp³-hybridized carbons (Fsp3) is 0.406. The van der Waals surface area contributed by atoms with Crippen LogP contribution in [0.2, 0.25) is 0 Å². The quantitative estimate of drug-likeness (QED) is 0.102. The zero-order valence-corrected chi connectivity index (χ0v) is 24.8. The van der Waals surface area contributed by atoms with E-state index in [1.165, 1.54) is 16.7 Å². The van der Waals surface area contributed by atoms with Crippen LogP contribution in [0.4, 0.5) is 0 Å². The minimum absolute atomic E-state index is 0.288. The molecule has 0 amide bonds. The first-order valence-electron chi connectivity index (χ1n) is 13.5. The fourth-order valence-corrected chi connectivity index (χ4v) is 7.85. The van der Waals surface area contributed by atoms with Crippen LogP contribution in [0.1, 0.15) is 63.6 Å². The molecule has 1 unspecified atom stereocenters. The molecule has 0 aliphatic heterocycles. The summed E-state index contributed by atoms with van der Waals surface area (Å²) in [7, 11) is -1.19. The Morgan fingerprint density at radius 2 is 1.18 bits per heavy atom. The van der Waals surface area contributed by atoms with Crippen LogP contribution in [0.15, 0.2) is 91.0 Å². The molecule has 3 aromatic carbocycles. The number of hydrogen-bond acceptors (Lipinski definition) is 5. The maximum atomic E-state index is 8.94. The minimum atomic E-state index is -1.19. The average Bonchev–Trinajstić information content (AvgIpc) is 2.94. The van der Waals surface area contributed by atoms with Crippen LogP contribution in [0.5, 0.6) is 0 Å². The predicted molar refractivity (Wildman–Crippen MR) is 162 cm³/mol. The van der Waals surface area contributed by atoms with Crippen molar-refractivity contribution >= 4 is 20.3 Å². The zero-order valence-electron chi connectivity index (χ0n) is 23.1. The Labute approximate surface area is 235 Å². The van der Waals surface area contributed by atoms with Gasteiger partial charge in [-0.3, -0.25) is 0 Å². The predicted octanol–water partition coefficient (Wildman–Crippen LogP) is 8.78. The van der Waals surface area contributed by atoms with Gasteiger partial charge in [0.05, 0.1) is 30.5 Å². The molecule has 0 saturated carbocycles. The van der Waals surface area contributed by atoms with Crippen molar-refractivity contribution in [2.75, 3.05) is 19.0 Å². The van der Waals surface area contributed by atoms with E-state index in [-0.39, 0.29) is 4.75 Å². The molecule has 6 heteroatoms. The number of rotatable bonds is 16. The number of unbranched alkanes of at least 4 members (excludes halogenated alkanes) is 1. The van der Waals surface area contributed by atoms with Gasteiger partial charge in [0.25, 0.3) is 8.53 Å². The van der Waals surface area contributed by atoms with Gasteiger partial charge in [0, 0.05) is 12.1 Å². The van der Waals surface area contributed by atoms with Crippen LogP contribution in [-0.4, -0.2) is 35.7 Å². The molecule has 0 bridgehead atoms. The van der Waals surface area contributed by atoms with Crippen LogP contribution in [0, 0.1) is 11.3 Å². The molecule has 0 heterocycles. The molecule has 3 rings (SSSR count). The summed E-state index contributed by atoms with van der Waals surface area (Å²) in [5.74, 6) is 0.993. The monoisotopic (exact) mass is 548 g/mol. The molecule has 0 saturated heterocycles. The highest BCUT2D eigenvalue weighted by atomic mass is 32.2. The van der Waals surface area contributed by atoms with E-state index in [9.17, 15) is 0 Å². The van der Waals surface area contributed by atoms with Gasteiger partial charge >= 0.3 is 0 Å². The second-order valence-corrected chi connectivity index (χ2v) is 12.5. The second-order valence-electron chi connectivity index (χ2n) is 9.71. The van der Waals surface area contributed by atoms with Crippen LogP contribution >= 0.6 is 20.3 Å². The molecule has 4 nitrogen and oxygen atoms in total. The average molecular weight is 549 g/mol. The molecule has 0 aliphatic carbocycles. The largest absolute Gasteiger partial charge is 0.322 e. The van der Waals surface area contributed by atoms with Crippen molar-refractivity contribution in [1.82, 2.24) is 4.67 Å². The highest BCUT2D eigenvalue weighted by Crippen LogP contribution is 2.49.